The fourth-order valence-electron chi connectivity index (χ4n) is 3.39. The smallest absolute Gasteiger partial charge is 0.290 e. The van der Waals surface area contributed by atoms with Gasteiger partial charge in [-0.1, -0.05) is 42.5 Å². The average Bonchev–Trinajstić information content (AvgIpc) is 2.88. The van der Waals surface area contributed by atoms with Crippen molar-refractivity contribution in [2.75, 3.05) is 19.5 Å². The molecule has 0 aliphatic carbocycles. The van der Waals surface area contributed by atoms with Crippen LogP contribution in [0.5, 0.6) is 11.5 Å². The number of benzene rings is 3. The predicted molar refractivity (Wildman–Crippen MR) is 135 cm³/mol. The number of para-hydroxylation sites is 1. The summed E-state index contributed by atoms with van der Waals surface area (Å²) in [6.07, 6.45) is 0. The molecule has 6 N–H and O–H groups in total. The molecule has 0 fully saturated rings. The molecule has 0 spiro atoms. The molecule has 0 aliphatic rings. The van der Waals surface area contributed by atoms with Gasteiger partial charge in [-0.15, -0.1) is 0 Å². The second-order valence-corrected chi connectivity index (χ2v) is 7.30. The lowest BCUT2D eigenvalue weighted by Gasteiger charge is -2.18. The summed E-state index contributed by atoms with van der Waals surface area (Å²) in [7, 11) is 3.07. The highest BCUT2D eigenvalue weighted by Crippen LogP contribution is 2.30. The van der Waals surface area contributed by atoms with Crippen molar-refractivity contribution < 1.29 is 29.0 Å². The normalized spacial score (nSPS) is 10.6. The van der Waals surface area contributed by atoms with Gasteiger partial charge in [-0.05, 0) is 35.9 Å². The number of ether oxygens (including phenoxy) is 2. The van der Waals surface area contributed by atoms with Gasteiger partial charge in [-0.25, -0.2) is 0 Å². The Morgan fingerprint density at radius 2 is 1.61 bits per heavy atom. The van der Waals surface area contributed by atoms with Crippen LogP contribution in [0.25, 0.3) is 0 Å². The predicted octanol–water partition coefficient (Wildman–Crippen LogP) is 2.73. The van der Waals surface area contributed by atoms with E-state index in [0.717, 1.165) is 5.56 Å². The standard InChI is InChI=1S/C25H26N4O4.CH2O2/c1-32-20-10-6-9-18(22(20)33-2)15-28-24(30)21(16-7-4-3-5-8-16)25(31)29-19-13-11-17(12-14-19)23(26)27;2-1-3/h3-14,21H,15H2,1-2H3,(H3,26,27)(H,28,30)(H,29,31);1H,(H,2,3). The summed E-state index contributed by atoms with van der Waals surface area (Å²) in [6.45, 7) is -0.0941. The Bertz CT molecular complexity index is 1180. The van der Waals surface area contributed by atoms with Crippen LogP contribution in [0.1, 0.15) is 22.6 Å². The van der Waals surface area contributed by atoms with Crippen LogP contribution in [0.15, 0.2) is 72.8 Å². The van der Waals surface area contributed by atoms with E-state index in [1.54, 1.807) is 67.8 Å². The molecule has 3 aromatic rings. The number of hydrogen-bond acceptors (Lipinski definition) is 6. The average molecular weight is 493 g/mol. The number of rotatable bonds is 9. The molecule has 0 aliphatic heterocycles. The summed E-state index contributed by atoms with van der Waals surface area (Å²) in [5.74, 6) is -1.00. The van der Waals surface area contributed by atoms with Gasteiger partial charge >= 0.3 is 0 Å². The summed E-state index contributed by atoms with van der Waals surface area (Å²) in [6, 6.07) is 20.7. The SMILES string of the molecule is COc1cccc(CNC(=O)C(C(=O)Nc2ccc(C(=N)N)cc2)c2ccccc2)c1OC.O=CO. The highest BCUT2D eigenvalue weighted by atomic mass is 16.5. The lowest BCUT2D eigenvalue weighted by molar-refractivity contribution is -0.129. The summed E-state index contributed by atoms with van der Waals surface area (Å²) < 4.78 is 10.7. The van der Waals surface area contributed by atoms with E-state index in [-0.39, 0.29) is 18.9 Å². The Hall–Kier alpha value is -4.86. The third-order valence-electron chi connectivity index (χ3n) is 5.06. The monoisotopic (exact) mass is 492 g/mol. The van der Waals surface area contributed by atoms with Gasteiger partial charge in [0, 0.05) is 23.4 Å². The molecular weight excluding hydrogens is 464 g/mol. The summed E-state index contributed by atoms with van der Waals surface area (Å²) >= 11 is 0. The van der Waals surface area contributed by atoms with E-state index in [0.29, 0.717) is 28.3 Å². The van der Waals surface area contributed by atoms with Gasteiger partial charge in [0.15, 0.2) is 11.5 Å². The topological polar surface area (TPSA) is 164 Å². The van der Waals surface area contributed by atoms with Crippen LogP contribution in [-0.4, -0.2) is 43.4 Å². The molecule has 10 nitrogen and oxygen atoms in total. The largest absolute Gasteiger partial charge is 0.493 e. The fourth-order valence-corrected chi connectivity index (χ4v) is 3.39. The van der Waals surface area contributed by atoms with Gasteiger partial charge in [0.25, 0.3) is 6.47 Å². The number of amidine groups is 1. The Labute approximate surface area is 208 Å². The molecule has 0 radical (unpaired) electrons. The number of nitrogens with two attached hydrogens (primary N) is 1. The number of carbonyl (C=O) groups is 3. The van der Waals surface area contributed by atoms with Crippen molar-refractivity contribution in [3.63, 3.8) is 0 Å². The third kappa shape index (κ3) is 7.32. The third-order valence-corrected chi connectivity index (χ3v) is 5.06. The van der Waals surface area contributed by atoms with E-state index in [9.17, 15) is 9.59 Å². The first kappa shape index (κ1) is 27.4. The zero-order valence-corrected chi connectivity index (χ0v) is 19.9. The molecule has 1 atom stereocenters. The molecule has 188 valence electrons. The van der Waals surface area contributed by atoms with E-state index >= 15 is 0 Å². The lowest BCUT2D eigenvalue weighted by Crippen LogP contribution is -2.36. The van der Waals surface area contributed by atoms with Gasteiger partial charge in [0.05, 0.1) is 14.2 Å². The van der Waals surface area contributed by atoms with Gasteiger partial charge < -0.3 is 30.9 Å². The van der Waals surface area contributed by atoms with Crippen LogP contribution in [0.3, 0.4) is 0 Å². The molecule has 36 heavy (non-hydrogen) atoms. The number of nitrogen functional groups attached to an aromatic ring is 1. The van der Waals surface area contributed by atoms with Gasteiger partial charge in [-0.2, -0.15) is 0 Å². The Kier molecular flexibility index (Phi) is 10.5. The van der Waals surface area contributed by atoms with Crippen molar-refractivity contribution in [1.29, 1.82) is 5.41 Å². The number of methoxy groups -OCH3 is 2. The number of amides is 2. The number of carboxylic acid groups (broad SMARTS) is 1. The molecule has 0 aromatic heterocycles. The minimum Gasteiger partial charge on any atom is -0.493 e. The van der Waals surface area contributed by atoms with Crippen molar-refractivity contribution in [3.05, 3.63) is 89.5 Å². The lowest BCUT2D eigenvalue weighted by atomic mass is 9.96. The molecule has 2 amide bonds. The maximum absolute atomic E-state index is 13.2. The zero-order chi connectivity index (χ0) is 26.5. The first-order valence-corrected chi connectivity index (χ1v) is 10.7. The van der Waals surface area contributed by atoms with Crippen LogP contribution >= 0.6 is 0 Å². The van der Waals surface area contributed by atoms with Crippen LogP contribution in [0.2, 0.25) is 0 Å². The molecule has 0 heterocycles. The van der Waals surface area contributed by atoms with E-state index in [1.165, 1.54) is 7.11 Å². The van der Waals surface area contributed by atoms with Crippen LogP contribution in [-0.2, 0) is 20.9 Å². The Morgan fingerprint density at radius 1 is 0.972 bits per heavy atom. The van der Waals surface area contributed by atoms with Crippen LogP contribution in [0, 0.1) is 5.41 Å². The molecule has 3 rings (SSSR count). The quantitative estimate of drug-likeness (QED) is 0.133. The minimum atomic E-state index is -1.07. The van der Waals surface area contributed by atoms with E-state index < -0.39 is 17.7 Å². The fraction of sp³-hybridized carbons (Fsp3) is 0.154. The van der Waals surface area contributed by atoms with Crippen molar-refractivity contribution in [3.8, 4) is 11.5 Å². The van der Waals surface area contributed by atoms with Crippen molar-refractivity contribution >= 4 is 29.8 Å². The molecule has 1 unspecified atom stereocenters. The van der Waals surface area contributed by atoms with Gasteiger partial charge in [0.2, 0.25) is 11.8 Å². The Balaban J connectivity index is 0.00000145. The molecule has 0 bridgehead atoms. The molecular formula is C26H28N4O6. The highest BCUT2D eigenvalue weighted by Gasteiger charge is 2.28. The van der Waals surface area contributed by atoms with E-state index in [1.807, 2.05) is 12.1 Å². The zero-order valence-electron chi connectivity index (χ0n) is 19.9. The first-order valence-electron chi connectivity index (χ1n) is 10.7. The molecule has 0 saturated heterocycles. The molecule has 3 aromatic carbocycles. The highest BCUT2D eigenvalue weighted by molar-refractivity contribution is 6.11. The van der Waals surface area contributed by atoms with Gasteiger partial charge in [0.1, 0.15) is 11.8 Å². The second-order valence-electron chi connectivity index (χ2n) is 7.30. The van der Waals surface area contributed by atoms with E-state index in [2.05, 4.69) is 10.6 Å². The van der Waals surface area contributed by atoms with Crippen molar-refractivity contribution in [2.45, 2.75) is 12.5 Å². The second kappa shape index (κ2) is 13.8. The minimum absolute atomic E-state index is 0.0672. The first-order chi connectivity index (χ1) is 17.4. The van der Waals surface area contributed by atoms with Crippen molar-refractivity contribution in [1.82, 2.24) is 5.32 Å². The number of hydrogen-bond donors (Lipinski definition) is 5. The van der Waals surface area contributed by atoms with Crippen LogP contribution < -0.4 is 25.8 Å². The number of anilines is 1. The maximum atomic E-state index is 13.2. The van der Waals surface area contributed by atoms with E-state index in [4.69, 9.17) is 30.5 Å². The van der Waals surface area contributed by atoms with Gasteiger partial charge in [-0.3, -0.25) is 19.8 Å². The molecule has 0 saturated carbocycles. The van der Waals surface area contributed by atoms with Crippen LogP contribution in [0.4, 0.5) is 5.69 Å². The Morgan fingerprint density at radius 3 is 2.17 bits per heavy atom. The summed E-state index contributed by atoms with van der Waals surface area (Å²) in [5, 5.41) is 20.0. The maximum Gasteiger partial charge on any atom is 0.290 e. The number of carbonyl (C=O) groups excluding carboxylic acids is 2. The summed E-state index contributed by atoms with van der Waals surface area (Å²) in [4.78, 5) is 34.6. The summed E-state index contributed by atoms with van der Waals surface area (Å²) in [5.41, 5.74) is 7.79. The molecule has 10 heteroatoms. The van der Waals surface area contributed by atoms with Crippen molar-refractivity contribution in [2.24, 2.45) is 5.73 Å². The number of nitrogens with one attached hydrogen (secondary N) is 3.